The molecule has 4 aliphatic heterocycles. The van der Waals surface area contributed by atoms with Gasteiger partial charge in [-0.2, -0.15) is 13.2 Å². The molecule has 10 heterocycles. The minimum atomic E-state index is -4.69. The fourth-order valence-electron chi connectivity index (χ4n) is 16.4. The second-order valence-corrected chi connectivity index (χ2v) is 42.4. The number of thiazole rings is 3. The largest absolute Gasteiger partial charge is 0.416 e. The van der Waals surface area contributed by atoms with Gasteiger partial charge >= 0.3 is 6.18 Å². The minimum Gasteiger partial charge on any atom is -0.378 e. The van der Waals surface area contributed by atoms with Crippen LogP contribution in [0.4, 0.5) is 70.3 Å². The van der Waals surface area contributed by atoms with Crippen molar-refractivity contribution in [2.75, 3.05) is 130 Å². The van der Waals surface area contributed by atoms with Gasteiger partial charge < -0.3 is 53.4 Å². The average molecular weight is 2080 g/mol. The maximum atomic E-state index is 14.2. The van der Waals surface area contributed by atoms with Crippen LogP contribution in [0.5, 0.6) is 0 Å². The van der Waals surface area contributed by atoms with Crippen molar-refractivity contribution < 1.29 is 97.1 Å². The van der Waals surface area contributed by atoms with E-state index in [1.807, 2.05) is 63.7 Å². The Hall–Kier alpha value is -13.3. The molecule has 46 heteroatoms. The molecular formula is C93H110ClF6N19O13S7. The van der Waals surface area contributed by atoms with Crippen LogP contribution in [0.15, 0.2) is 267 Å². The Balaban J connectivity index is 0.000000295. The number of carbonyl (C=O) groups excluding carboxylic acids is 4. The Morgan fingerprint density at radius 2 is 0.971 bits per heavy atom. The second kappa shape index (κ2) is 43.0. The molecule has 0 bridgehead atoms. The van der Waals surface area contributed by atoms with E-state index in [1.165, 1.54) is 94.8 Å². The van der Waals surface area contributed by atoms with Crippen molar-refractivity contribution >= 4 is 175 Å². The number of aliphatic hydroxyl groups excluding tert-OH is 1. The summed E-state index contributed by atoms with van der Waals surface area (Å²) in [5, 5.41) is 18.0. The van der Waals surface area contributed by atoms with Gasteiger partial charge in [0.05, 0.1) is 36.2 Å². The summed E-state index contributed by atoms with van der Waals surface area (Å²) >= 11 is 9.69. The summed E-state index contributed by atoms with van der Waals surface area (Å²) in [6, 6.07) is 48.8. The van der Waals surface area contributed by atoms with Crippen LogP contribution >= 0.6 is 45.6 Å². The molecule has 18 rings (SSSR count). The number of anilines is 8. The van der Waals surface area contributed by atoms with Crippen molar-refractivity contribution in [3.8, 4) is 0 Å². The molecule has 6 aromatic heterocycles. The fraction of sp³-hybridized carbons (Fsp3) is 0.258. The first-order valence-corrected chi connectivity index (χ1v) is 52.2. The second-order valence-electron chi connectivity index (χ2n) is 32.6. The lowest BCUT2D eigenvalue weighted by molar-refractivity contribution is -0.141. The normalized spacial score (nSPS) is 16.0. The van der Waals surface area contributed by atoms with E-state index in [1.54, 1.807) is 155 Å². The molecule has 8 aromatic carbocycles. The first-order chi connectivity index (χ1) is 66.3. The lowest BCUT2D eigenvalue weighted by atomic mass is 10.1. The predicted molar refractivity (Wildman–Crippen MR) is 541 cm³/mol. The molecule has 5 N–H and O–H groups in total. The van der Waals surface area contributed by atoms with E-state index >= 15 is 0 Å². The first kappa shape index (κ1) is 100. The number of fused-ring (bicyclic) bond motifs is 2. The van der Waals surface area contributed by atoms with Gasteiger partial charge in [0.1, 0.15) is 42.2 Å². The summed E-state index contributed by atoms with van der Waals surface area (Å²) in [5.74, 6) is -2.69. The van der Waals surface area contributed by atoms with Gasteiger partial charge in [-0.25, -0.2) is 71.8 Å². The van der Waals surface area contributed by atoms with E-state index in [0.29, 0.717) is 122 Å². The molecular weight excluding hydrogens is 1970 g/mol. The zero-order valence-electron chi connectivity index (χ0n) is 74.6. The fourth-order valence-corrected chi connectivity index (χ4v) is 23.0. The van der Waals surface area contributed by atoms with Crippen LogP contribution < -0.4 is 38.5 Å². The molecule has 4 fully saturated rings. The van der Waals surface area contributed by atoms with Gasteiger partial charge in [-0.15, -0.1) is 34.0 Å². The highest BCUT2D eigenvalue weighted by atomic mass is 35.5. The van der Waals surface area contributed by atoms with Gasteiger partial charge in [-0.05, 0) is 198 Å². The zero-order valence-corrected chi connectivity index (χ0v) is 81.1. The SMILES string of the molecule is C[C@@H]1CN(c2ccc(S(=O)(=O)Nc3nccs3)cc2)CCN1C(=O)[C@@H](C)n1ccc2c(F)cccc21.Cc1cc2cc(F)ccc2n1CC(=O)N1CCN(c2ccc(S(=O)(=O)Nc3nccs3)cc2)C[C@@H]1C.O=C([C@H](O)c1ccccc1Cl)N1CCN(c2ccc(S(=O)(=O)Nc3ccncn3)cc2)CC1.O=C(c1ccc(C(F)(F)F)cc1F)N1CCN(c2ccc(S(=O)(=O)Nc3nccs3)cc2)CC1.[HH].[HH].[HH].[HH].[HH].[HH].[HH].[HH].[HH]. The maximum absolute atomic E-state index is 14.2. The van der Waals surface area contributed by atoms with Gasteiger partial charge in [0, 0.05) is 219 Å². The molecule has 4 amide bonds. The van der Waals surface area contributed by atoms with Gasteiger partial charge in [-0.3, -0.25) is 38.1 Å². The molecule has 0 radical (unpaired) electrons. The highest BCUT2D eigenvalue weighted by molar-refractivity contribution is 7.93. The topological polar surface area (TPSA) is 373 Å². The quantitative estimate of drug-likeness (QED) is 0.0371. The summed E-state index contributed by atoms with van der Waals surface area (Å²) in [6.45, 7) is 14.7. The Kier molecular flexibility index (Phi) is 31.0. The number of halogens is 7. The number of sulfonamides is 4. The monoisotopic (exact) mass is 2070 g/mol. The highest BCUT2D eigenvalue weighted by Gasteiger charge is 2.37. The summed E-state index contributed by atoms with van der Waals surface area (Å²) in [7, 11) is -15.0. The van der Waals surface area contributed by atoms with E-state index in [-0.39, 0.29) is 104 Å². The zero-order chi connectivity index (χ0) is 98.8. The highest BCUT2D eigenvalue weighted by Crippen LogP contribution is 2.36. The van der Waals surface area contributed by atoms with Crippen molar-refractivity contribution in [2.45, 2.75) is 84.2 Å². The minimum absolute atomic E-state index is 0. The average Bonchev–Trinajstić information content (AvgIpc) is 1.62. The molecule has 0 spiro atoms. The van der Waals surface area contributed by atoms with E-state index in [9.17, 15) is 84.3 Å². The number of amides is 4. The number of aliphatic hydroxyl groups is 1. The van der Waals surface area contributed by atoms with Crippen LogP contribution in [0, 0.1) is 24.4 Å². The maximum Gasteiger partial charge on any atom is 0.416 e. The predicted octanol–water partition coefficient (Wildman–Crippen LogP) is 17.0. The number of aromatic nitrogens is 7. The summed E-state index contributed by atoms with van der Waals surface area (Å²) in [4.78, 5) is 86.9. The van der Waals surface area contributed by atoms with Crippen molar-refractivity contribution in [2.24, 2.45) is 0 Å². The number of hydrogen-bond acceptors (Lipinski definition) is 25. The molecule has 139 heavy (non-hydrogen) atoms. The van der Waals surface area contributed by atoms with E-state index < -0.39 is 81.3 Å². The molecule has 0 aliphatic carbocycles. The van der Waals surface area contributed by atoms with Gasteiger partial charge in [0.15, 0.2) is 21.5 Å². The summed E-state index contributed by atoms with van der Waals surface area (Å²) in [5.41, 5.74) is 4.64. The van der Waals surface area contributed by atoms with Crippen LogP contribution in [-0.4, -0.2) is 220 Å². The molecule has 14 aromatic rings. The lowest BCUT2D eigenvalue weighted by Gasteiger charge is -2.42. The van der Waals surface area contributed by atoms with E-state index in [4.69, 9.17) is 11.6 Å². The summed E-state index contributed by atoms with van der Waals surface area (Å²) in [6.07, 6.45) is 3.04. The van der Waals surface area contributed by atoms with E-state index in [2.05, 4.69) is 58.5 Å². The molecule has 4 atom stereocenters. The molecule has 0 saturated carbocycles. The standard InChI is InChI=1S/2C25H26FN5O3S2.C22H22ClN5O4S.C21H18F4N4O3S2.9H2/c1-17-13-19-14-20(26)3-8-23(19)31(17)16-24(32)30-11-10-29(15-18(30)2)21-4-6-22(7-5-21)36(33,34)28-25-27-9-12-35-25;1-17-16-29(19-6-8-20(9-7-19)36(33,34)28-25-27-11-15-35-25)13-14-30(17)24(32)18(2)31-12-10-21-22(26)4-3-5-23(21)31;23-19-4-2-1-3-18(19)21(29)22(30)28-13-11-27(12-14-28)16-5-7-17(8-6-16)33(31,32)26-20-9-10-24-15-25-20;22-18-13-14(21(23,24)25)1-6-17(18)19(30)29-10-8-28(9-11-29)15-2-4-16(5-3-15)34(31,32)27-20-26-7-12-33-20;;;;;;;;;/h3-9,12-14,18H,10-11,15-16H2,1-2H3,(H,27,28);3-12,15,17-18H,13-14,16H2,1-2H3,(H,27,28);1-10,15,21,29H,11-14H2,(H,24,25,26);1-7,12-13H,8-11H2,(H,26,27);9*1H/t18-;17-,18-;21-;;;;;;;;;;/m011........../s1. The third-order valence-corrected chi connectivity index (χ3v) is 31.9. The molecule has 0 unspecified atom stereocenters. The van der Waals surface area contributed by atoms with E-state index in [0.717, 1.165) is 56.7 Å². The third-order valence-electron chi connectivity index (χ3n) is 23.7. The van der Waals surface area contributed by atoms with Gasteiger partial charge in [0.2, 0.25) is 11.8 Å². The molecule has 746 valence electrons. The number of carbonyl (C=O) groups is 4. The summed E-state index contributed by atoms with van der Waals surface area (Å²) < 4.78 is 194. The van der Waals surface area contributed by atoms with Crippen molar-refractivity contribution in [1.82, 2.24) is 53.7 Å². The van der Waals surface area contributed by atoms with Crippen molar-refractivity contribution in [3.63, 3.8) is 0 Å². The first-order valence-electron chi connectivity index (χ1n) is 43.3. The molecule has 4 saturated heterocycles. The Labute approximate surface area is 827 Å². The van der Waals surface area contributed by atoms with Crippen LogP contribution in [0.1, 0.15) is 72.9 Å². The van der Waals surface area contributed by atoms with Crippen LogP contribution in [0.3, 0.4) is 0 Å². The molecule has 32 nitrogen and oxygen atoms in total. The Morgan fingerprint density at radius 3 is 1.43 bits per heavy atom. The number of piperazine rings is 4. The number of nitrogens with zero attached hydrogens (tertiary/aromatic N) is 15. The van der Waals surface area contributed by atoms with Gasteiger partial charge in [-0.1, -0.05) is 35.9 Å². The Morgan fingerprint density at radius 1 is 0.496 bits per heavy atom. The lowest BCUT2D eigenvalue weighted by Crippen LogP contribution is -2.55. The van der Waals surface area contributed by atoms with Gasteiger partial charge in [0.25, 0.3) is 51.9 Å². The Bertz CT molecular complexity index is 7240. The smallest absolute Gasteiger partial charge is 0.378 e. The number of aryl methyl sites for hydroxylation is 1. The van der Waals surface area contributed by atoms with Crippen LogP contribution in [-0.2, 0) is 67.2 Å². The number of alkyl halides is 3. The number of benzene rings is 8. The van der Waals surface area contributed by atoms with Crippen molar-refractivity contribution in [3.05, 3.63) is 292 Å². The third kappa shape index (κ3) is 24.0. The van der Waals surface area contributed by atoms with Crippen LogP contribution in [0.25, 0.3) is 21.8 Å². The molecule has 4 aliphatic rings. The number of hydrogen-bond donors (Lipinski definition) is 5. The number of rotatable bonds is 23. The number of nitrogens with one attached hydrogen (secondary N) is 4. The van der Waals surface area contributed by atoms with Crippen LogP contribution in [0.2, 0.25) is 5.02 Å². The van der Waals surface area contributed by atoms with Crippen molar-refractivity contribution in [1.29, 1.82) is 0 Å².